The first kappa shape index (κ1) is 12.5. The molecule has 1 nitrogen and oxygen atoms in total. The Hall–Kier alpha value is 0.390. The quantitative estimate of drug-likeness (QED) is 0.808. The third kappa shape index (κ3) is 4.28. The normalized spacial score (nSPS) is 13.5. The molecule has 1 atom stereocenters. The van der Waals surface area contributed by atoms with Crippen LogP contribution < -0.4 is 5.73 Å². The van der Waals surface area contributed by atoms with Crippen molar-refractivity contribution in [2.24, 2.45) is 11.7 Å². The molecule has 1 aromatic heterocycles. The number of rotatable bonds is 5. The van der Waals surface area contributed by atoms with Gasteiger partial charge in [-0.25, -0.2) is 0 Å². The van der Waals surface area contributed by atoms with Crippen LogP contribution in [-0.2, 0) is 0 Å². The molecule has 0 bridgehead atoms. The number of nitrogens with two attached hydrogens (primary N) is 1. The van der Waals surface area contributed by atoms with Crippen molar-refractivity contribution < 1.29 is 0 Å². The second kappa shape index (κ2) is 6.08. The standard InChI is InChI=1S/C11H18INS/c1-8(2)4-3-5-10(13)9-6-11(12)14-7-9/h6-8,10H,3-5,13H2,1-2H3. The van der Waals surface area contributed by atoms with Gasteiger partial charge < -0.3 is 5.73 Å². The molecule has 0 aliphatic rings. The summed E-state index contributed by atoms with van der Waals surface area (Å²) in [6, 6.07) is 2.44. The minimum absolute atomic E-state index is 0.244. The summed E-state index contributed by atoms with van der Waals surface area (Å²) in [5.41, 5.74) is 7.41. The number of hydrogen-bond acceptors (Lipinski definition) is 2. The van der Waals surface area contributed by atoms with Gasteiger partial charge in [0.15, 0.2) is 0 Å². The van der Waals surface area contributed by atoms with Crippen molar-refractivity contribution in [1.82, 2.24) is 0 Å². The fraction of sp³-hybridized carbons (Fsp3) is 0.636. The monoisotopic (exact) mass is 323 g/mol. The SMILES string of the molecule is CC(C)CCCC(N)c1csc(I)c1. The lowest BCUT2D eigenvalue weighted by molar-refractivity contribution is 0.506. The first-order valence-electron chi connectivity index (χ1n) is 5.09. The minimum atomic E-state index is 0.244. The van der Waals surface area contributed by atoms with Gasteiger partial charge in [0.25, 0.3) is 0 Å². The van der Waals surface area contributed by atoms with Crippen LogP contribution >= 0.6 is 33.9 Å². The lowest BCUT2D eigenvalue weighted by atomic mass is 10.0. The maximum atomic E-state index is 6.10. The molecule has 0 radical (unpaired) electrons. The lowest BCUT2D eigenvalue weighted by Gasteiger charge is -2.10. The van der Waals surface area contributed by atoms with E-state index >= 15 is 0 Å². The van der Waals surface area contributed by atoms with E-state index in [4.69, 9.17) is 5.73 Å². The van der Waals surface area contributed by atoms with E-state index in [0.29, 0.717) is 0 Å². The molecule has 1 unspecified atom stereocenters. The molecule has 0 aliphatic carbocycles. The first-order chi connectivity index (χ1) is 6.59. The molecule has 0 amide bonds. The molecular formula is C11H18INS. The number of thiophene rings is 1. The summed E-state index contributed by atoms with van der Waals surface area (Å²) in [5.74, 6) is 0.796. The highest BCUT2D eigenvalue weighted by molar-refractivity contribution is 14.1. The molecule has 0 fully saturated rings. The van der Waals surface area contributed by atoms with Crippen LogP contribution in [0.25, 0.3) is 0 Å². The Balaban J connectivity index is 2.32. The van der Waals surface area contributed by atoms with Crippen molar-refractivity contribution in [1.29, 1.82) is 0 Å². The van der Waals surface area contributed by atoms with E-state index in [-0.39, 0.29) is 6.04 Å². The largest absolute Gasteiger partial charge is 0.324 e. The highest BCUT2D eigenvalue weighted by atomic mass is 127. The summed E-state index contributed by atoms with van der Waals surface area (Å²) >= 11 is 4.12. The fourth-order valence-electron chi connectivity index (χ4n) is 1.43. The average molecular weight is 323 g/mol. The zero-order chi connectivity index (χ0) is 10.6. The van der Waals surface area contributed by atoms with Crippen LogP contribution in [0.3, 0.4) is 0 Å². The molecule has 3 heteroatoms. The fourth-order valence-corrected chi connectivity index (χ4v) is 2.87. The Morgan fingerprint density at radius 1 is 1.43 bits per heavy atom. The Labute approximate surface area is 104 Å². The summed E-state index contributed by atoms with van der Waals surface area (Å²) in [5, 5.41) is 2.18. The topological polar surface area (TPSA) is 26.0 Å². The second-order valence-corrected chi connectivity index (χ2v) is 6.92. The van der Waals surface area contributed by atoms with Crippen LogP contribution in [0.1, 0.15) is 44.7 Å². The molecule has 1 heterocycles. The third-order valence-corrected chi connectivity index (χ3v) is 4.12. The molecule has 14 heavy (non-hydrogen) atoms. The summed E-state index contributed by atoms with van der Waals surface area (Å²) < 4.78 is 1.33. The second-order valence-electron chi connectivity index (χ2n) is 4.12. The zero-order valence-corrected chi connectivity index (χ0v) is 11.8. The lowest BCUT2D eigenvalue weighted by Crippen LogP contribution is -2.09. The van der Waals surface area contributed by atoms with E-state index in [1.807, 2.05) is 0 Å². The van der Waals surface area contributed by atoms with E-state index in [0.717, 1.165) is 12.3 Å². The third-order valence-electron chi connectivity index (χ3n) is 2.31. The summed E-state index contributed by atoms with van der Waals surface area (Å²) in [4.78, 5) is 0. The van der Waals surface area contributed by atoms with E-state index in [1.54, 1.807) is 11.3 Å². The number of halogens is 1. The molecule has 0 saturated carbocycles. The molecule has 0 spiro atoms. The van der Waals surface area contributed by atoms with E-state index in [2.05, 4.69) is 47.9 Å². The van der Waals surface area contributed by atoms with Crippen LogP contribution in [0, 0.1) is 8.80 Å². The molecule has 1 rings (SSSR count). The van der Waals surface area contributed by atoms with Gasteiger partial charge in [-0.15, -0.1) is 11.3 Å². The van der Waals surface area contributed by atoms with Crippen LogP contribution in [0.5, 0.6) is 0 Å². The molecule has 0 aromatic carbocycles. The molecule has 0 aliphatic heterocycles. The zero-order valence-electron chi connectivity index (χ0n) is 8.79. The van der Waals surface area contributed by atoms with Gasteiger partial charge in [0.05, 0.1) is 2.88 Å². The Kier molecular flexibility index (Phi) is 5.41. The van der Waals surface area contributed by atoms with Crippen LogP contribution in [-0.4, -0.2) is 0 Å². The van der Waals surface area contributed by atoms with Gasteiger partial charge in [-0.05, 0) is 51.9 Å². The number of hydrogen-bond donors (Lipinski definition) is 1. The van der Waals surface area contributed by atoms with Crippen molar-refractivity contribution in [2.75, 3.05) is 0 Å². The van der Waals surface area contributed by atoms with E-state index < -0.39 is 0 Å². The van der Waals surface area contributed by atoms with Crippen LogP contribution in [0.15, 0.2) is 11.4 Å². The van der Waals surface area contributed by atoms with Crippen molar-refractivity contribution >= 4 is 33.9 Å². The van der Waals surface area contributed by atoms with Crippen molar-refractivity contribution in [3.63, 3.8) is 0 Å². The maximum absolute atomic E-state index is 6.10. The van der Waals surface area contributed by atoms with Gasteiger partial charge >= 0.3 is 0 Å². The van der Waals surface area contributed by atoms with Gasteiger partial charge in [0.1, 0.15) is 0 Å². The molecule has 1 aromatic rings. The van der Waals surface area contributed by atoms with Gasteiger partial charge in [-0.1, -0.05) is 26.7 Å². The van der Waals surface area contributed by atoms with Gasteiger partial charge in [-0.2, -0.15) is 0 Å². The average Bonchev–Trinajstić information content (AvgIpc) is 2.51. The Morgan fingerprint density at radius 2 is 2.14 bits per heavy atom. The highest BCUT2D eigenvalue weighted by Gasteiger charge is 2.07. The van der Waals surface area contributed by atoms with Crippen LogP contribution in [0.4, 0.5) is 0 Å². The smallest absolute Gasteiger partial charge is 0.0656 e. The molecule has 0 saturated heterocycles. The molecule has 2 N–H and O–H groups in total. The molecule has 80 valence electrons. The van der Waals surface area contributed by atoms with Gasteiger partial charge in [0.2, 0.25) is 0 Å². The first-order valence-corrected chi connectivity index (χ1v) is 7.05. The van der Waals surface area contributed by atoms with Gasteiger partial charge in [-0.3, -0.25) is 0 Å². The van der Waals surface area contributed by atoms with Crippen LogP contribution in [0.2, 0.25) is 0 Å². The van der Waals surface area contributed by atoms with E-state index in [1.165, 1.54) is 21.3 Å². The van der Waals surface area contributed by atoms with Gasteiger partial charge in [0, 0.05) is 6.04 Å². The predicted molar refractivity (Wildman–Crippen MR) is 72.7 cm³/mol. The van der Waals surface area contributed by atoms with E-state index in [9.17, 15) is 0 Å². The Bertz CT molecular complexity index is 270. The summed E-state index contributed by atoms with van der Waals surface area (Å²) in [7, 11) is 0. The van der Waals surface area contributed by atoms with Crippen molar-refractivity contribution in [2.45, 2.75) is 39.2 Å². The molecular weight excluding hydrogens is 305 g/mol. The van der Waals surface area contributed by atoms with Crippen molar-refractivity contribution in [3.8, 4) is 0 Å². The maximum Gasteiger partial charge on any atom is 0.0656 e. The summed E-state index contributed by atoms with van der Waals surface area (Å²) in [6.45, 7) is 4.53. The highest BCUT2D eigenvalue weighted by Crippen LogP contribution is 2.24. The van der Waals surface area contributed by atoms with Crippen molar-refractivity contribution in [3.05, 3.63) is 19.9 Å². The Morgan fingerprint density at radius 3 is 2.64 bits per heavy atom. The summed E-state index contributed by atoms with van der Waals surface area (Å²) in [6.07, 6.45) is 3.64. The minimum Gasteiger partial charge on any atom is -0.324 e. The predicted octanol–water partition coefficient (Wildman–Crippen LogP) is 4.18.